The molecule has 0 saturated carbocycles. The number of esters is 3. The van der Waals surface area contributed by atoms with Crippen molar-refractivity contribution in [1.29, 1.82) is 0 Å². The molecule has 30 heavy (non-hydrogen) atoms. The fourth-order valence-electron chi connectivity index (χ4n) is 2.95. The molecule has 0 amide bonds. The van der Waals surface area contributed by atoms with E-state index in [1.165, 1.54) is 20.8 Å². The van der Waals surface area contributed by atoms with Crippen molar-refractivity contribution in [2.45, 2.75) is 50.1 Å². The SMILES string of the molecule is CC(=O)OC[C@H]1O[C@@H](NC(N)=S)[C@H]([Se]c2ccccc2)[C@@H](OC(C)=O)[C@@H]1OC(C)=O. The summed E-state index contributed by atoms with van der Waals surface area (Å²) in [6, 6.07) is 9.56. The molecule has 0 aliphatic carbocycles. The van der Waals surface area contributed by atoms with Crippen LogP contribution in [0.2, 0.25) is 4.82 Å². The third kappa shape index (κ3) is 7.24. The number of nitrogens with two attached hydrogens (primary N) is 1. The van der Waals surface area contributed by atoms with Gasteiger partial charge < -0.3 is 0 Å². The zero-order valence-corrected chi connectivity index (χ0v) is 19.3. The van der Waals surface area contributed by atoms with Gasteiger partial charge in [0.25, 0.3) is 0 Å². The first kappa shape index (κ1) is 24.1. The van der Waals surface area contributed by atoms with Crippen molar-refractivity contribution in [3.8, 4) is 0 Å². The van der Waals surface area contributed by atoms with Gasteiger partial charge in [0.2, 0.25) is 0 Å². The quantitative estimate of drug-likeness (QED) is 0.223. The molecule has 1 aliphatic heterocycles. The minimum atomic E-state index is -0.981. The molecule has 0 radical (unpaired) electrons. The van der Waals surface area contributed by atoms with Gasteiger partial charge >= 0.3 is 186 Å². The van der Waals surface area contributed by atoms with Crippen LogP contribution in [0.1, 0.15) is 20.8 Å². The first-order valence-corrected chi connectivity index (χ1v) is 11.3. The van der Waals surface area contributed by atoms with Crippen LogP contribution in [0.5, 0.6) is 0 Å². The minimum absolute atomic E-state index is 0.00684. The Bertz CT molecular complexity index is 779. The zero-order chi connectivity index (χ0) is 22.3. The summed E-state index contributed by atoms with van der Waals surface area (Å²) < 4.78 is 23.2. The number of ether oxygens (including phenoxy) is 4. The Morgan fingerprint density at radius 3 is 2.20 bits per heavy atom. The topological polar surface area (TPSA) is 126 Å². The van der Waals surface area contributed by atoms with Crippen molar-refractivity contribution >= 4 is 54.7 Å². The average molecular weight is 503 g/mol. The Labute approximate surface area is 186 Å². The number of benzene rings is 1. The molecular weight excluding hydrogens is 479 g/mol. The summed E-state index contributed by atoms with van der Waals surface area (Å²) in [4.78, 5) is 34.5. The molecule has 0 aromatic heterocycles. The van der Waals surface area contributed by atoms with Gasteiger partial charge in [-0.25, -0.2) is 0 Å². The summed E-state index contributed by atoms with van der Waals surface area (Å²) >= 11 is 4.70. The predicted octanol–water partition coefficient (Wildman–Crippen LogP) is -0.211. The van der Waals surface area contributed by atoms with Crippen LogP contribution in [0.3, 0.4) is 0 Å². The number of carbonyl (C=O) groups excluding carboxylic acids is 3. The van der Waals surface area contributed by atoms with E-state index in [1.54, 1.807) is 0 Å². The van der Waals surface area contributed by atoms with Crippen LogP contribution in [-0.2, 0) is 33.3 Å². The van der Waals surface area contributed by atoms with Crippen molar-refractivity contribution in [2.24, 2.45) is 5.73 Å². The molecule has 164 valence electrons. The summed E-state index contributed by atoms with van der Waals surface area (Å²) in [5.41, 5.74) is 5.68. The van der Waals surface area contributed by atoms with Gasteiger partial charge in [0.05, 0.1) is 0 Å². The maximum atomic E-state index is 11.9. The van der Waals surface area contributed by atoms with Gasteiger partial charge in [0.1, 0.15) is 0 Å². The van der Waals surface area contributed by atoms with E-state index in [0.29, 0.717) is 0 Å². The summed E-state index contributed by atoms with van der Waals surface area (Å²) in [5, 5.41) is 2.87. The second-order valence-electron chi connectivity index (χ2n) is 6.45. The van der Waals surface area contributed by atoms with E-state index in [4.69, 9.17) is 36.9 Å². The Morgan fingerprint density at radius 2 is 1.67 bits per heavy atom. The average Bonchev–Trinajstić information content (AvgIpc) is 2.64. The Balaban J connectivity index is 2.43. The summed E-state index contributed by atoms with van der Waals surface area (Å²) in [6.45, 7) is 3.55. The Morgan fingerprint density at radius 1 is 1.07 bits per heavy atom. The van der Waals surface area contributed by atoms with Gasteiger partial charge in [-0.05, 0) is 0 Å². The van der Waals surface area contributed by atoms with Crippen LogP contribution in [0.4, 0.5) is 0 Å². The van der Waals surface area contributed by atoms with E-state index in [-0.39, 0.29) is 26.7 Å². The molecule has 11 heteroatoms. The molecule has 9 nitrogen and oxygen atoms in total. The summed E-state index contributed by atoms with van der Waals surface area (Å²) in [5.74, 6) is -1.66. The monoisotopic (exact) mass is 504 g/mol. The predicted molar refractivity (Wildman–Crippen MR) is 112 cm³/mol. The van der Waals surface area contributed by atoms with Crippen LogP contribution in [0.25, 0.3) is 0 Å². The third-order valence-corrected chi connectivity index (χ3v) is 6.90. The van der Waals surface area contributed by atoms with Crippen molar-refractivity contribution < 1.29 is 33.3 Å². The van der Waals surface area contributed by atoms with Crippen LogP contribution < -0.4 is 15.5 Å². The fourth-order valence-corrected chi connectivity index (χ4v) is 5.64. The first-order valence-electron chi connectivity index (χ1n) is 9.08. The van der Waals surface area contributed by atoms with Gasteiger partial charge in [-0.1, -0.05) is 0 Å². The summed E-state index contributed by atoms with van der Waals surface area (Å²) in [6.07, 6.45) is -3.49. The van der Waals surface area contributed by atoms with Crippen LogP contribution in [0, 0.1) is 0 Å². The van der Waals surface area contributed by atoms with E-state index >= 15 is 0 Å². The van der Waals surface area contributed by atoms with E-state index in [1.807, 2.05) is 30.3 Å². The van der Waals surface area contributed by atoms with E-state index < -0.39 is 47.3 Å². The van der Waals surface area contributed by atoms with Gasteiger partial charge in [-0.15, -0.1) is 0 Å². The number of hydrogen-bond acceptors (Lipinski definition) is 8. The molecule has 1 aromatic rings. The molecule has 1 aromatic carbocycles. The standard InChI is InChI=1S/C19H24N2O7SSe/c1-10(22)25-9-14-15(26-11(2)23)16(27-12(3)24)17(18(28-14)21-19(20)29)30-13-7-5-4-6-8-13/h4-8,14-18H,9H2,1-3H3,(H3,20,21,29)/t14-,15-,16+,17-,18-/m1/s1. The van der Waals surface area contributed by atoms with Crippen LogP contribution in [-0.4, -0.2) is 69.1 Å². The van der Waals surface area contributed by atoms with Gasteiger partial charge in [0, 0.05) is 0 Å². The van der Waals surface area contributed by atoms with Crippen LogP contribution >= 0.6 is 12.2 Å². The van der Waals surface area contributed by atoms with E-state index in [0.717, 1.165) is 4.46 Å². The summed E-state index contributed by atoms with van der Waals surface area (Å²) in [7, 11) is 0. The maximum absolute atomic E-state index is 11.9. The molecule has 0 bridgehead atoms. The molecule has 1 aliphatic rings. The van der Waals surface area contributed by atoms with Crippen molar-refractivity contribution in [2.75, 3.05) is 6.61 Å². The molecular formula is C19H24N2O7SSe. The molecule has 3 N–H and O–H groups in total. The van der Waals surface area contributed by atoms with Crippen molar-refractivity contribution in [3.05, 3.63) is 30.3 Å². The number of hydrogen-bond donors (Lipinski definition) is 2. The molecule has 2 rings (SSSR count). The molecule has 0 spiro atoms. The molecule has 5 atom stereocenters. The normalized spacial score (nSPS) is 25.6. The number of rotatable bonds is 7. The van der Waals surface area contributed by atoms with Gasteiger partial charge in [-0.3, -0.25) is 0 Å². The Hall–Kier alpha value is -2.20. The second kappa shape index (κ2) is 11.3. The second-order valence-corrected chi connectivity index (χ2v) is 9.52. The fraction of sp³-hybridized carbons (Fsp3) is 0.474. The van der Waals surface area contributed by atoms with Crippen LogP contribution in [0.15, 0.2) is 30.3 Å². The number of nitrogens with one attached hydrogen (secondary N) is 1. The van der Waals surface area contributed by atoms with Crippen molar-refractivity contribution in [1.82, 2.24) is 5.32 Å². The molecule has 1 fully saturated rings. The third-order valence-electron chi connectivity index (χ3n) is 3.99. The van der Waals surface area contributed by atoms with Gasteiger partial charge in [-0.2, -0.15) is 0 Å². The molecule has 1 saturated heterocycles. The first-order chi connectivity index (χ1) is 14.2. The number of thiocarbonyl (C=S) groups is 1. The van der Waals surface area contributed by atoms with Gasteiger partial charge in [0.15, 0.2) is 0 Å². The molecule has 1 heterocycles. The molecule has 0 unspecified atom stereocenters. The van der Waals surface area contributed by atoms with Crippen molar-refractivity contribution in [3.63, 3.8) is 0 Å². The Kier molecular flexibility index (Phi) is 9.04. The van der Waals surface area contributed by atoms with E-state index in [9.17, 15) is 14.4 Å². The zero-order valence-electron chi connectivity index (χ0n) is 16.7. The van der Waals surface area contributed by atoms with E-state index in [2.05, 4.69) is 5.32 Å². The number of carbonyl (C=O) groups is 3.